The van der Waals surface area contributed by atoms with Gasteiger partial charge in [-0.1, -0.05) is 5.16 Å². The minimum absolute atomic E-state index is 0.706. The molecule has 7 nitrogen and oxygen atoms in total. The van der Waals surface area contributed by atoms with Crippen LogP contribution in [-0.4, -0.2) is 54.0 Å². The number of rotatable bonds is 9. The Labute approximate surface area is 189 Å². The van der Waals surface area contributed by atoms with Gasteiger partial charge in [0.2, 0.25) is 0 Å². The summed E-state index contributed by atoms with van der Waals surface area (Å²) >= 11 is 0. The van der Waals surface area contributed by atoms with Gasteiger partial charge in [-0.15, -0.1) is 5.10 Å². The number of nitrogens with zero attached hydrogens (tertiary/aromatic N) is 5. The minimum atomic E-state index is 0.706. The lowest BCUT2D eigenvalue weighted by atomic mass is 9.91. The lowest BCUT2D eigenvalue weighted by Gasteiger charge is -2.32. The molecular weight excluding hydrogens is 402 g/mol. The van der Waals surface area contributed by atoms with Crippen LogP contribution in [0.25, 0.3) is 11.0 Å². The zero-order valence-electron chi connectivity index (χ0n) is 19.2. The van der Waals surface area contributed by atoms with Gasteiger partial charge in [-0.3, -0.25) is 0 Å². The standard InChI is InChI=1S/C25H33N5O2/c1-29(2)16-21-23(31-17-19-5-6-19)10-8-20-22(28-32-25(20)21)9-7-18-11-14-30(15-12-18)24-4-3-13-26-27-24/h3-4,8,10,13,18-19H,5-7,9,11-12,14-17H2,1-2H3. The molecule has 1 aliphatic heterocycles. The first-order valence-corrected chi connectivity index (χ1v) is 11.9. The van der Waals surface area contributed by atoms with E-state index < -0.39 is 0 Å². The van der Waals surface area contributed by atoms with Crippen LogP contribution in [0.2, 0.25) is 0 Å². The topological polar surface area (TPSA) is 67.5 Å². The average molecular weight is 436 g/mol. The van der Waals surface area contributed by atoms with E-state index in [9.17, 15) is 0 Å². The summed E-state index contributed by atoms with van der Waals surface area (Å²) < 4.78 is 12.0. The second kappa shape index (κ2) is 9.45. The fourth-order valence-corrected chi connectivity index (χ4v) is 4.62. The largest absolute Gasteiger partial charge is 0.493 e. The third kappa shape index (κ3) is 4.88. The van der Waals surface area contributed by atoms with Crippen molar-refractivity contribution >= 4 is 16.8 Å². The van der Waals surface area contributed by atoms with Crippen LogP contribution < -0.4 is 9.64 Å². The molecule has 2 fully saturated rings. The minimum Gasteiger partial charge on any atom is -0.493 e. The zero-order valence-corrected chi connectivity index (χ0v) is 19.2. The molecule has 0 atom stereocenters. The highest BCUT2D eigenvalue weighted by Gasteiger charge is 2.25. The molecule has 1 aliphatic carbocycles. The smallest absolute Gasteiger partial charge is 0.175 e. The fourth-order valence-electron chi connectivity index (χ4n) is 4.62. The van der Waals surface area contributed by atoms with E-state index in [1.54, 1.807) is 6.20 Å². The van der Waals surface area contributed by atoms with Gasteiger partial charge in [0, 0.05) is 31.2 Å². The Morgan fingerprint density at radius 2 is 1.94 bits per heavy atom. The van der Waals surface area contributed by atoms with Gasteiger partial charge < -0.3 is 19.1 Å². The SMILES string of the molecule is CN(C)Cc1c(OCC2CC2)ccc2c(CCC3CCN(c4cccnn4)CC3)noc12. The molecule has 1 saturated carbocycles. The summed E-state index contributed by atoms with van der Waals surface area (Å²) in [6, 6.07) is 8.25. The molecule has 0 amide bonds. The van der Waals surface area contributed by atoms with Crippen LogP contribution in [0.5, 0.6) is 5.75 Å². The molecule has 170 valence electrons. The summed E-state index contributed by atoms with van der Waals surface area (Å²) in [5.41, 5.74) is 3.08. The van der Waals surface area contributed by atoms with Crippen LogP contribution in [0.1, 0.15) is 43.4 Å². The van der Waals surface area contributed by atoms with Crippen molar-refractivity contribution in [3.63, 3.8) is 0 Å². The van der Waals surface area contributed by atoms with Gasteiger partial charge in [-0.25, -0.2) is 0 Å². The summed E-state index contributed by atoms with van der Waals surface area (Å²) in [5, 5.41) is 13.9. The number of benzene rings is 1. The Bertz CT molecular complexity index is 1020. The molecule has 7 heteroatoms. The Balaban J connectivity index is 1.24. The molecule has 1 aromatic carbocycles. The highest BCUT2D eigenvalue weighted by molar-refractivity contribution is 5.84. The molecule has 2 aromatic heterocycles. The highest BCUT2D eigenvalue weighted by Crippen LogP contribution is 2.35. The van der Waals surface area contributed by atoms with E-state index in [0.29, 0.717) is 5.92 Å². The van der Waals surface area contributed by atoms with E-state index in [2.05, 4.69) is 51.4 Å². The average Bonchev–Trinajstić information content (AvgIpc) is 3.55. The van der Waals surface area contributed by atoms with Gasteiger partial charge in [0.1, 0.15) is 5.75 Å². The number of fused-ring (bicyclic) bond motifs is 1. The van der Waals surface area contributed by atoms with Gasteiger partial charge in [-0.2, -0.15) is 5.10 Å². The highest BCUT2D eigenvalue weighted by atomic mass is 16.5. The fraction of sp³-hybridized carbons (Fsp3) is 0.560. The van der Waals surface area contributed by atoms with Crippen LogP contribution in [-0.2, 0) is 13.0 Å². The summed E-state index contributed by atoms with van der Waals surface area (Å²) in [6.07, 6.45) is 8.75. The van der Waals surface area contributed by atoms with Crippen LogP contribution >= 0.6 is 0 Å². The maximum absolute atomic E-state index is 6.15. The van der Waals surface area contributed by atoms with Crippen molar-refractivity contribution in [3.05, 3.63) is 41.7 Å². The van der Waals surface area contributed by atoms with Gasteiger partial charge >= 0.3 is 0 Å². The van der Waals surface area contributed by atoms with Crippen molar-refractivity contribution in [2.24, 2.45) is 11.8 Å². The number of anilines is 1. The number of hydrogen-bond acceptors (Lipinski definition) is 7. The lowest BCUT2D eigenvalue weighted by Crippen LogP contribution is -2.34. The molecule has 0 N–H and O–H groups in total. The van der Waals surface area contributed by atoms with Gasteiger partial charge in [0.05, 0.1) is 17.9 Å². The predicted molar refractivity (Wildman–Crippen MR) is 125 cm³/mol. The second-order valence-electron chi connectivity index (χ2n) is 9.59. The van der Waals surface area contributed by atoms with Crippen molar-refractivity contribution < 1.29 is 9.26 Å². The summed E-state index contributed by atoms with van der Waals surface area (Å²) in [6.45, 7) is 3.67. The van der Waals surface area contributed by atoms with E-state index in [4.69, 9.17) is 9.26 Å². The molecule has 3 aromatic rings. The van der Waals surface area contributed by atoms with Gasteiger partial charge in [-0.05, 0) is 88.7 Å². The second-order valence-corrected chi connectivity index (χ2v) is 9.59. The number of piperidine rings is 1. The van der Waals surface area contributed by atoms with E-state index in [0.717, 1.165) is 78.8 Å². The maximum Gasteiger partial charge on any atom is 0.175 e. The third-order valence-electron chi connectivity index (χ3n) is 6.71. The van der Waals surface area contributed by atoms with Crippen LogP contribution in [0.15, 0.2) is 35.0 Å². The third-order valence-corrected chi connectivity index (χ3v) is 6.71. The Morgan fingerprint density at radius 1 is 1.09 bits per heavy atom. The molecule has 0 bridgehead atoms. The van der Waals surface area contributed by atoms with E-state index in [-0.39, 0.29) is 0 Å². The van der Waals surface area contributed by atoms with Crippen molar-refractivity contribution in [1.82, 2.24) is 20.3 Å². The monoisotopic (exact) mass is 435 g/mol. The molecule has 1 saturated heterocycles. The Hall–Kier alpha value is -2.67. The van der Waals surface area contributed by atoms with Crippen molar-refractivity contribution in [2.45, 2.75) is 45.1 Å². The normalized spacial score (nSPS) is 17.4. The molecule has 2 aliphatic rings. The first kappa shape index (κ1) is 21.2. The molecular formula is C25H33N5O2. The van der Waals surface area contributed by atoms with E-state index in [1.165, 1.54) is 25.7 Å². The summed E-state index contributed by atoms with van der Waals surface area (Å²) in [5.74, 6) is 3.36. The number of aryl methyl sites for hydroxylation is 1. The Kier molecular flexibility index (Phi) is 6.26. The molecule has 0 spiro atoms. The predicted octanol–water partition coefficient (Wildman–Crippen LogP) is 4.32. The maximum atomic E-state index is 6.15. The first-order valence-electron chi connectivity index (χ1n) is 11.9. The van der Waals surface area contributed by atoms with Crippen molar-refractivity contribution in [1.29, 1.82) is 0 Å². The van der Waals surface area contributed by atoms with Crippen molar-refractivity contribution in [3.8, 4) is 5.75 Å². The zero-order chi connectivity index (χ0) is 21.9. The van der Waals surface area contributed by atoms with Gasteiger partial charge in [0.15, 0.2) is 11.4 Å². The summed E-state index contributed by atoms with van der Waals surface area (Å²) in [7, 11) is 4.16. The molecule has 0 unspecified atom stereocenters. The lowest BCUT2D eigenvalue weighted by molar-refractivity contribution is 0.289. The molecule has 32 heavy (non-hydrogen) atoms. The van der Waals surface area contributed by atoms with Crippen LogP contribution in [0.3, 0.4) is 0 Å². The molecule has 3 heterocycles. The summed E-state index contributed by atoms with van der Waals surface area (Å²) in [4.78, 5) is 4.50. The van der Waals surface area contributed by atoms with Crippen LogP contribution in [0.4, 0.5) is 5.82 Å². The van der Waals surface area contributed by atoms with Gasteiger partial charge in [0.25, 0.3) is 0 Å². The number of ether oxygens (including phenoxy) is 1. The number of aromatic nitrogens is 3. The first-order chi connectivity index (χ1) is 15.7. The Morgan fingerprint density at radius 3 is 2.66 bits per heavy atom. The van der Waals surface area contributed by atoms with Crippen LogP contribution in [0, 0.1) is 11.8 Å². The number of hydrogen-bond donors (Lipinski definition) is 0. The molecule has 0 radical (unpaired) electrons. The molecule has 5 rings (SSSR count). The van der Waals surface area contributed by atoms with E-state index in [1.807, 2.05) is 12.1 Å². The van der Waals surface area contributed by atoms with E-state index >= 15 is 0 Å². The quantitative estimate of drug-likeness (QED) is 0.496. The van der Waals surface area contributed by atoms with Crippen molar-refractivity contribution in [2.75, 3.05) is 38.7 Å².